The van der Waals surface area contributed by atoms with Crippen LogP contribution in [0.5, 0.6) is 17.2 Å². The lowest BCUT2D eigenvalue weighted by Gasteiger charge is -2.14. The Kier molecular flexibility index (Phi) is 5.95. The third-order valence-electron chi connectivity index (χ3n) is 3.14. The van der Waals surface area contributed by atoms with Crippen molar-refractivity contribution >= 4 is 21.6 Å². The molecule has 0 saturated heterocycles. The van der Waals surface area contributed by atoms with Crippen molar-refractivity contribution in [2.75, 3.05) is 19.0 Å². The number of nitrogens with one attached hydrogen (secondary N) is 1. The van der Waals surface area contributed by atoms with Gasteiger partial charge in [0.2, 0.25) is 0 Å². The zero-order valence-corrected chi connectivity index (χ0v) is 14.3. The SMILES string of the molecule is CCCOc1cc(Br)c(CNc2ccc(O)cc2)cc1OC. The minimum Gasteiger partial charge on any atom is -0.508 e. The minimum absolute atomic E-state index is 0.255. The summed E-state index contributed by atoms with van der Waals surface area (Å²) in [6, 6.07) is 10.9. The summed E-state index contributed by atoms with van der Waals surface area (Å²) >= 11 is 3.57. The first-order valence-corrected chi connectivity index (χ1v) is 7.95. The van der Waals surface area contributed by atoms with Crippen molar-refractivity contribution in [3.63, 3.8) is 0 Å². The first-order chi connectivity index (χ1) is 10.6. The standard InChI is InChI=1S/C17H20BrNO3/c1-3-8-22-17-10-15(18)12(9-16(17)21-2)11-19-13-4-6-14(20)7-5-13/h4-7,9-10,19-20H,3,8,11H2,1-2H3. The van der Waals surface area contributed by atoms with Crippen molar-refractivity contribution in [3.8, 4) is 17.2 Å². The van der Waals surface area contributed by atoms with Crippen LogP contribution in [-0.2, 0) is 6.54 Å². The molecule has 0 aromatic heterocycles. The van der Waals surface area contributed by atoms with E-state index in [1.54, 1.807) is 19.2 Å². The van der Waals surface area contributed by atoms with Crippen LogP contribution in [0.3, 0.4) is 0 Å². The Labute approximate surface area is 139 Å². The van der Waals surface area contributed by atoms with E-state index in [4.69, 9.17) is 9.47 Å². The molecule has 22 heavy (non-hydrogen) atoms. The molecule has 0 atom stereocenters. The smallest absolute Gasteiger partial charge is 0.162 e. The second kappa shape index (κ2) is 7.94. The topological polar surface area (TPSA) is 50.7 Å². The predicted octanol–water partition coefficient (Wildman–Crippen LogP) is 4.56. The highest BCUT2D eigenvalue weighted by molar-refractivity contribution is 9.10. The highest BCUT2D eigenvalue weighted by atomic mass is 79.9. The molecule has 0 radical (unpaired) electrons. The summed E-state index contributed by atoms with van der Waals surface area (Å²) in [5.41, 5.74) is 2.00. The summed E-state index contributed by atoms with van der Waals surface area (Å²) in [4.78, 5) is 0. The quantitative estimate of drug-likeness (QED) is 0.705. The van der Waals surface area contributed by atoms with Crippen molar-refractivity contribution in [1.29, 1.82) is 0 Å². The van der Waals surface area contributed by atoms with Gasteiger partial charge in [-0.05, 0) is 48.4 Å². The molecular weight excluding hydrogens is 346 g/mol. The van der Waals surface area contributed by atoms with Gasteiger partial charge in [0.25, 0.3) is 0 Å². The maximum Gasteiger partial charge on any atom is 0.162 e. The third kappa shape index (κ3) is 4.31. The molecule has 4 nitrogen and oxygen atoms in total. The first-order valence-electron chi connectivity index (χ1n) is 7.16. The van der Waals surface area contributed by atoms with E-state index in [1.807, 2.05) is 24.3 Å². The van der Waals surface area contributed by atoms with Crippen LogP contribution in [-0.4, -0.2) is 18.8 Å². The van der Waals surface area contributed by atoms with Crippen LogP contribution in [0.15, 0.2) is 40.9 Å². The summed E-state index contributed by atoms with van der Waals surface area (Å²) in [5.74, 6) is 1.72. The number of phenolic OH excluding ortho intramolecular Hbond substituents is 1. The van der Waals surface area contributed by atoms with Crippen molar-refractivity contribution < 1.29 is 14.6 Å². The summed E-state index contributed by atoms with van der Waals surface area (Å²) in [7, 11) is 1.64. The van der Waals surface area contributed by atoms with Gasteiger partial charge in [-0.25, -0.2) is 0 Å². The third-order valence-corrected chi connectivity index (χ3v) is 3.88. The minimum atomic E-state index is 0.255. The number of halogens is 1. The van der Waals surface area contributed by atoms with E-state index < -0.39 is 0 Å². The Morgan fingerprint density at radius 1 is 1.14 bits per heavy atom. The number of rotatable bonds is 7. The summed E-state index contributed by atoms with van der Waals surface area (Å²) in [6.07, 6.45) is 0.949. The monoisotopic (exact) mass is 365 g/mol. The van der Waals surface area contributed by atoms with Gasteiger partial charge in [-0.1, -0.05) is 22.9 Å². The van der Waals surface area contributed by atoms with Crippen LogP contribution >= 0.6 is 15.9 Å². The molecule has 0 amide bonds. The number of anilines is 1. The molecule has 0 aliphatic heterocycles. The fraction of sp³-hybridized carbons (Fsp3) is 0.294. The molecule has 0 aliphatic rings. The van der Waals surface area contributed by atoms with E-state index >= 15 is 0 Å². The highest BCUT2D eigenvalue weighted by Crippen LogP contribution is 2.34. The molecule has 0 aliphatic carbocycles. The molecule has 5 heteroatoms. The van der Waals surface area contributed by atoms with E-state index in [0.717, 1.165) is 33.6 Å². The number of methoxy groups -OCH3 is 1. The fourth-order valence-corrected chi connectivity index (χ4v) is 2.44. The van der Waals surface area contributed by atoms with Crippen LogP contribution in [0.25, 0.3) is 0 Å². The van der Waals surface area contributed by atoms with Gasteiger partial charge in [0, 0.05) is 16.7 Å². The molecule has 0 fully saturated rings. The Morgan fingerprint density at radius 2 is 1.86 bits per heavy atom. The molecule has 2 rings (SSSR count). The Balaban J connectivity index is 2.11. The molecule has 0 heterocycles. The molecule has 0 spiro atoms. The molecule has 118 valence electrons. The second-order valence-corrected chi connectivity index (χ2v) is 5.70. The van der Waals surface area contributed by atoms with Crippen molar-refractivity contribution in [2.24, 2.45) is 0 Å². The van der Waals surface area contributed by atoms with Gasteiger partial charge >= 0.3 is 0 Å². The lowest BCUT2D eigenvalue weighted by atomic mass is 10.2. The molecule has 2 aromatic carbocycles. The van der Waals surface area contributed by atoms with Crippen molar-refractivity contribution in [2.45, 2.75) is 19.9 Å². The maximum atomic E-state index is 9.29. The predicted molar refractivity (Wildman–Crippen MR) is 91.9 cm³/mol. The Hall–Kier alpha value is -1.88. The van der Waals surface area contributed by atoms with E-state index in [-0.39, 0.29) is 5.75 Å². The number of phenols is 1. The van der Waals surface area contributed by atoms with Gasteiger partial charge in [0.05, 0.1) is 13.7 Å². The number of ether oxygens (including phenoxy) is 2. The van der Waals surface area contributed by atoms with E-state index in [2.05, 4.69) is 28.2 Å². The summed E-state index contributed by atoms with van der Waals surface area (Å²) in [6.45, 7) is 3.36. The molecule has 0 saturated carbocycles. The zero-order valence-electron chi connectivity index (χ0n) is 12.7. The van der Waals surface area contributed by atoms with Crippen molar-refractivity contribution in [3.05, 3.63) is 46.4 Å². The van der Waals surface area contributed by atoms with Crippen LogP contribution in [0.2, 0.25) is 0 Å². The average Bonchev–Trinajstić information content (AvgIpc) is 2.53. The van der Waals surface area contributed by atoms with Gasteiger partial charge in [0.1, 0.15) is 5.75 Å². The van der Waals surface area contributed by atoms with Crippen LogP contribution in [0.1, 0.15) is 18.9 Å². The normalized spacial score (nSPS) is 10.3. The molecule has 0 unspecified atom stereocenters. The number of aromatic hydroxyl groups is 1. The number of benzene rings is 2. The zero-order chi connectivity index (χ0) is 15.9. The average molecular weight is 366 g/mol. The van der Waals surface area contributed by atoms with E-state index in [0.29, 0.717) is 13.2 Å². The fourth-order valence-electron chi connectivity index (χ4n) is 1.97. The first kappa shape index (κ1) is 16.5. The molecule has 2 N–H and O–H groups in total. The van der Waals surface area contributed by atoms with Crippen LogP contribution in [0.4, 0.5) is 5.69 Å². The Bertz CT molecular complexity index is 614. The number of hydrogen-bond donors (Lipinski definition) is 2. The van der Waals surface area contributed by atoms with E-state index in [1.165, 1.54) is 0 Å². The van der Waals surface area contributed by atoms with Gasteiger partial charge in [-0.15, -0.1) is 0 Å². The molecular formula is C17H20BrNO3. The lowest BCUT2D eigenvalue weighted by molar-refractivity contribution is 0.294. The second-order valence-electron chi connectivity index (χ2n) is 4.84. The van der Waals surface area contributed by atoms with E-state index in [9.17, 15) is 5.11 Å². The molecule has 0 bridgehead atoms. The Morgan fingerprint density at radius 3 is 2.50 bits per heavy atom. The summed E-state index contributed by atoms with van der Waals surface area (Å²) < 4.78 is 12.0. The van der Waals surface area contributed by atoms with Gasteiger partial charge in [-0.3, -0.25) is 0 Å². The van der Waals surface area contributed by atoms with Gasteiger partial charge in [0.15, 0.2) is 11.5 Å². The largest absolute Gasteiger partial charge is 0.508 e. The van der Waals surface area contributed by atoms with Crippen LogP contribution < -0.4 is 14.8 Å². The molecule has 2 aromatic rings. The van der Waals surface area contributed by atoms with Gasteiger partial charge in [-0.2, -0.15) is 0 Å². The lowest BCUT2D eigenvalue weighted by Crippen LogP contribution is -2.03. The maximum absolute atomic E-state index is 9.29. The van der Waals surface area contributed by atoms with Crippen LogP contribution in [0, 0.1) is 0 Å². The highest BCUT2D eigenvalue weighted by Gasteiger charge is 2.10. The van der Waals surface area contributed by atoms with Crippen molar-refractivity contribution in [1.82, 2.24) is 0 Å². The number of hydrogen-bond acceptors (Lipinski definition) is 4. The summed E-state index contributed by atoms with van der Waals surface area (Å²) in [5, 5.41) is 12.6. The van der Waals surface area contributed by atoms with Gasteiger partial charge < -0.3 is 19.9 Å².